The Morgan fingerprint density at radius 2 is 2.23 bits per heavy atom. The van der Waals surface area contributed by atoms with E-state index in [-0.39, 0.29) is 11.6 Å². The lowest BCUT2D eigenvalue weighted by molar-refractivity contribution is 0.0698. The van der Waals surface area contributed by atoms with Gasteiger partial charge in [-0.3, -0.25) is 5.10 Å². The number of aromatic nitrogens is 3. The second-order valence-electron chi connectivity index (χ2n) is 5.34. The van der Waals surface area contributed by atoms with Gasteiger partial charge in [-0.15, -0.1) is 0 Å². The van der Waals surface area contributed by atoms with Gasteiger partial charge in [0.2, 0.25) is 0 Å². The summed E-state index contributed by atoms with van der Waals surface area (Å²) in [6.07, 6.45) is 3.17. The Kier molecular flexibility index (Phi) is 3.18. The molecule has 0 amide bonds. The van der Waals surface area contributed by atoms with Crippen LogP contribution in [0.5, 0.6) is 0 Å². The van der Waals surface area contributed by atoms with E-state index < -0.39 is 5.97 Å². The number of carboxylic acids is 1. The lowest BCUT2D eigenvalue weighted by Crippen LogP contribution is -1.98. The van der Waals surface area contributed by atoms with Gasteiger partial charge in [-0.05, 0) is 26.0 Å². The number of aromatic amines is 1. The summed E-state index contributed by atoms with van der Waals surface area (Å²) in [7, 11) is 0. The molecule has 0 aliphatic carbocycles. The van der Waals surface area contributed by atoms with Crippen molar-refractivity contribution in [3.8, 4) is 17.3 Å². The SMILES string of the molecule is CC(C)n1cc(C#N)c2cc(-c3n[nH]cc3C(=O)O)ccc21. The van der Waals surface area contributed by atoms with Gasteiger partial charge < -0.3 is 9.67 Å². The molecule has 2 N–H and O–H groups in total. The van der Waals surface area contributed by atoms with Crippen LogP contribution >= 0.6 is 0 Å². The zero-order chi connectivity index (χ0) is 15.9. The monoisotopic (exact) mass is 294 g/mol. The highest BCUT2D eigenvalue weighted by atomic mass is 16.4. The summed E-state index contributed by atoms with van der Waals surface area (Å²) >= 11 is 0. The predicted octanol–water partition coefficient (Wildman–Crippen LogP) is 3.18. The summed E-state index contributed by atoms with van der Waals surface area (Å²) in [6, 6.07) is 7.96. The van der Waals surface area contributed by atoms with E-state index in [1.165, 1.54) is 6.20 Å². The molecular weight excluding hydrogens is 280 g/mol. The number of hydrogen-bond donors (Lipinski definition) is 2. The Morgan fingerprint density at radius 1 is 1.45 bits per heavy atom. The maximum absolute atomic E-state index is 11.2. The number of rotatable bonds is 3. The maximum atomic E-state index is 11.2. The second kappa shape index (κ2) is 5.04. The van der Waals surface area contributed by atoms with Gasteiger partial charge in [0.25, 0.3) is 0 Å². The normalized spacial score (nSPS) is 11.0. The van der Waals surface area contributed by atoms with Crippen LogP contribution in [0.15, 0.2) is 30.6 Å². The molecule has 6 heteroatoms. The molecular formula is C16H14N4O2. The maximum Gasteiger partial charge on any atom is 0.339 e. The fraction of sp³-hybridized carbons (Fsp3) is 0.188. The third-order valence-corrected chi connectivity index (χ3v) is 3.65. The fourth-order valence-electron chi connectivity index (χ4n) is 2.59. The molecule has 110 valence electrons. The third-order valence-electron chi connectivity index (χ3n) is 3.65. The van der Waals surface area contributed by atoms with Gasteiger partial charge in [0.05, 0.1) is 5.56 Å². The van der Waals surface area contributed by atoms with E-state index in [1.54, 1.807) is 0 Å². The van der Waals surface area contributed by atoms with Crippen LogP contribution in [-0.4, -0.2) is 25.8 Å². The van der Waals surface area contributed by atoms with Crippen LogP contribution in [-0.2, 0) is 0 Å². The first-order chi connectivity index (χ1) is 10.5. The van der Waals surface area contributed by atoms with Gasteiger partial charge in [0.1, 0.15) is 17.3 Å². The van der Waals surface area contributed by atoms with Crippen molar-refractivity contribution < 1.29 is 9.90 Å². The van der Waals surface area contributed by atoms with Crippen molar-refractivity contribution in [2.24, 2.45) is 0 Å². The number of nitrogens with zero attached hydrogens (tertiary/aromatic N) is 3. The summed E-state index contributed by atoms with van der Waals surface area (Å²) in [4.78, 5) is 11.2. The number of fused-ring (bicyclic) bond motifs is 1. The molecule has 2 aromatic heterocycles. The van der Waals surface area contributed by atoms with Crippen molar-refractivity contribution in [1.29, 1.82) is 5.26 Å². The van der Waals surface area contributed by atoms with Crippen LogP contribution in [0.3, 0.4) is 0 Å². The van der Waals surface area contributed by atoms with Gasteiger partial charge in [-0.2, -0.15) is 10.4 Å². The number of hydrogen-bond acceptors (Lipinski definition) is 3. The van der Waals surface area contributed by atoms with Crippen molar-refractivity contribution in [2.45, 2.75) is 19.9 Å². The Labute approximate surface area is 126 Å². The van der Waals surface area contributed by atoms with Crippen LogP contribution in [0, 0.1) is 11.3 Å². The Bertz CT molecular complexity index is 912. The van der Waals surface area contributed by atoms with Gasteiger partial charge in [0.15, 0.2) is 0 Å². The van der Waals surface area contributed by atoms with Crippen molar-refractivity contribution in [3.63, 3.8) is 0 Å². The van der Waals surface area contributed by atoms with E-state index in [2.05, 4.69) is 16.3 Å². The van der Waals surface area contributed by atoms with E-state index in [9.17, 15) is 15.2 Å². The standard InChI is InChI=1S/C16H14N4O2/c1-9(2)20-8-11(6-17)12-5-10(3-4-14(12)20)15-13(16(21)22)7-18-19-15/h3-5,7-9H,1-2H3,(H,18,19)(H,21,22). The van der Waals surface area contributed by atoms with Gasteiger partial charge >= 0.3 is 5.97 Å². The highest BCUT2D eigenvalue weighted by Crippen LogP contribution is 2.30. The molecule has 0 saturated carbocycles. The van der Waals surface area contributed by atoms with Crippen molar-refractivity contribution in [3.05, 3.63) is 41.7 Å². The number of benzene rings is 1. The first-order valence-electron chi connectivity index (χ1n) is 6.85. The minimum Gasteiger partial charge on any atom is -0.478 e. The predicted molar refractivity (Wildman–Crippen MR) is 81.6 cm³/mol. The molecule has 0 saturated heterocycles. The number of nitriles is 1. The molecule has 0 aliphatic heterocycles. The van der Waals surface area contributed by atoms with Crippen molar-refractivity contribution in [2.75, 3.05) is 0 Å². The summed E-state index contributed by atoms with van der Waals surface area (Å²) in [5.74, 6) is -1.04. The smallest absolute Gasteiger partial charge is 0.339 e. The first kappa shape index (κ1) is 13.9. The zero-order valence-electron chi connectivity index (χ0n) is 12.2. The largest absolute Gasteiger partial charge is 0.478 e. The third kappa shape index (κ3) is 2.04. The Hall–Kier alpha value is -3.07. The average Bonchev–Trinajstić information content (AvgIpc) is 3.11. The highest BCUT2D eigenvalue weighted by molar-refractivity contribution is 5.97. The number of carboxylic acid groups (broad SMARTS) is 1. The van der Waals surface area contributed by atoms with E-state index in [0.717, 1.165) is 10.9 Å². The first-order valence-corrected chi connectivity index (χ1v) is 6.85. The molecule has 0 spiro atoms. The number of aromatic carboxylic acids is 1. The van der Waals surface area contributed by atoms with E-state index in [0.29, 0.717) is 16.8 Å². The lowest BCUT2D eigenvalue weighted by atomic mass is 10.0. The van der Waals surface area contributed by atoms with Crippen molar-refractivity contribution in [1.82, 2.24) is 14.8 Å². The molecule has 22 heavy (non-hydrogen) atoms. The van der Waals surface area contributed by atoms with Crippen LogP contribution < -0.4 is 0 Å². The van der Waals surface area contributed by atoms with Crippen LogP contribution in [0.1, 0.15) is 35.8 Å². The molecule has 0 atom stereocenters. The molecule has 0 radical (unpaired) electrons. The average molecular weight is 294 g/mol. The number of carbonyl (C=O) groups is 1. The van der Waals surface area contributed by atoms with Crippen LogP contribution in [0.25, 0.3) is 22.2 Å². The highest BCUT2D eigenvalue weighted by Gasteiger charge is 2.17. The topological polar surface area (TPSA) is 94.7 Å². The van der Waals surface area contributed by atoms with Gasteiger partial charge in [0, 0.05) is 34.9 Å². The van der Waals surface area contributed by atoms with Crippen LogP contribution in [0.4, 0.5) is 0 Å². The van der Waals surface area contributed by atoms with Crippen molar-refractivity contribution >= 4 is 16.9 Å². The van der Waals surface area contributed by atoms with Gasteiger partial charge in [-0.1, -0.05) is 6.07 Å². The number of H-pyrrole nitrogens is 1. The lowest BCUT2D eigenvalue weighted by Gasteiger charge is -2.09. The molecule has 2 heterocycles. The minimum atomic E-state index is -1.04. The fourth-order valence-corrected chi connectivity index (χ4v) is 2.59. The quantitative estimate of drug-likeness (QED) is 0.775. The second-order valence-corrected chi connectivity index (χ2v) is 5.34. The summed E-state index contributed by atoms with van der Waals surface area (Å²) in [5.41, 5.74) is 2.67. The molecule has 0 aliphatic rings. The molecule has 3 aromatic rings. The molecule has 0 bridgehead atoms. The summed E-state index contributed by atoms with van der Waals surface area (Å²) in [5, 5.41) is 25.9. The number of nitrogens with one attached hydrogen (secondary N) is 1. The van der Waals surface area contributed by atoms with E-state index in [1.807, 2.05) is 42.8 Å². The molecule has 3 rings (SSSR count). The van der Waals surface area contributed by atoms with E-state index in [4.69, 9.17) is 0 Å². The molecule has 6 nitrogen and oxygen atoms in total. The molecule has 1 aromatic carbocycles. The molecule has 0 fully saturated rings. The Balaban J connectivity index is 2.24. The minimum absolute atomic E-state index is 0.112. The summed E-state index contributed by atoms with van der Waals surface area (Å²) < 4.78 is 2.03. The van der Waals surface area contributed by atoms with Crippen LogP contribution in [0.2, 0.25) is 0 Å². The molecule has 0 unspecified atom stereocenters. The van der Waals surface area contributed by atoms with Gasteiger partial charge in [-0.25, -0.2) is 4.79 Å². The zero-order valence-corrected chi connectivity index (χ0v) is 12.2. The Morgan fingerprint density at radius 3 is 2.86 bits per heavy atom. The van der Waals surface area contributed by atoms with E-state index >= 15 is 0 Å². The summed E-state index contributed by atoms with van der Waals surface area (Å²) in [6.45, 7) is 4.09.